The van der Waals surface area contributed by atoms with Crippen LogP contribution in [0.25, 0.3) is 16.8 Å². The molecule has 1 fully saturated rings. The minimum atomic E-state index is 0.420. The molecule has 2 unspecified atom stereocenters. The molecule has 0 bridgehead atoms. The predicted octanol–water partition coefficient (Wildman–Crippen LogP) is 4.63. The van der Waals surface area contributed by atoms with E-state index in [2.05, 4.69) is 49.4 Å². The van der Waals surface area contributed by atoms with E-state index in [0.717, 1.165) is 19.3 Å². The van der Waals surface area contributed by atoms with Gasteiger partial charge in [0.2, 0.25) is 0 Å². The molecule has 2 aliphatic carbocycles. The lowest BCUT2D eigenvalue weighted by Gasteiger charge is -2.34. The van der Waals surface area contributed by atoms with Gasteiger partial charge < -0.3 is 0 Å². The molecule has 0 aromatic heterocycles. The molecule has 0 spiro atoms. The van der Waals surface area contributed by atoms with Gasteiger partial charge in [0.25, 0.3) is 0 Å². The lowest BCUT2D eigenvalue weighted by Crippen LogP contribution is -2.25. The Labute approximate surface area is 119 Å². The lowest BCUT2D eigenvalue weighted by molar-refractivity contribution is -0.121. The molecular formula is C19H18O. The van der Waals surface area contributed by atoms with E-state index in [1.807, 2.05) is 0 Å². The Morgan fingerprint density at radius 1 is 1.20 bits per heavy atom. The topological polar surface area (TPSA) is 17.1 Å². The van der Waals surface area contributed by atoms with Gasteiger partial charge in [0.1, 0.15) is 5.78 Å². The van der Waals surface area contributed by atoms with Crippen LogP contribution in [0.2, 0.25) is 0 Å². The van der Waals surface area contributed by atoms with E-state index in [0.29, 0.717) is 17.6 Å². The van der Waals surface area contributed by atoms with Crippen LogP contribution in [-0.4, -0.2) is 5.78 Å². The van der Waals surface area contributed by atoms with Gasteiger partial charge in [-0.25, -0.2) is 0 Å². The highest BCUT2D eigenvalue weighted by molar-refractivity contribution is 5.94. The molecule has 1 nitrogen and oxygen atoms in total. The number of hydrogen-bond acceptors (Lipinski definition) is 1. The summed E-state index contributed by atoms with van der Waals surface area (Å²) in [5, 5.41) is 2.67. The molecule has 0 aliphatic heterocycles. The average Bonchev–Trinajstić information content (AvgIpc) is 2.46. The van der Waals surface area contributed by atoms with E-state index in [1.54, 1.807) is 0 Å². The molecule has 100 valence electrons. The number of hydrogen-bond donors (Lipinski definition) is 0. The van der Waals surface area contributed by atoms with Gasteiger partial charge in [-0.3, -0.25) is 4.79 Å². The van der Waals surface area contributed by atoms with Crippen molar-refractivity contribution in [2.45, 2.75) is 32.1 Å². The summed E-state index contributed by atoms with van der Waals surface area (Å²) in [6.07, 6.45) is 7.02. The number of carbonyl (C=O) groups excluding carboxylic acids is 1. The Kier molecular flexibility index (Phi) is 2.56. The summed E-state index contributed by atoms with van der Waals surface area (Å²) in [6, 6.07) is 10.9. The lowest BCUT2D eigenvalue weighted by atomic mass is 9.69. The fourth-order valence-electron chi connectivity index (χ4n) is 4.03. The van der Waals surface area contributed by atoms with Gasteiger partial charge in [-0.15, -0.1) is 0 Å². The molecule has 0 saturated heterocycles. The number of aryl methyl sites for hydroxylation is 1. The van der Waals surface area contributed by atoms with Gasteiger partial charge in [-0.1, -0.05) is 42.5 Å². The molecule has 2 aromatic carbocycles. The summed E-state index contributed by atoms with van der Waals surface area (Å²) in [5.41, 5.74) is 4.26. The molecule has 2 atom stereocenters. The van der Waals surface area contributed by atoms with Crippen LogP contribution in [0, 0.1) is 12.8 Å². The average molecular weight is 262 g/mol. The van der Waals surface area contributed by atoms with Crippen molar-refractivity contribution in [1.29, 1.82) is 0 Å². The maximum absolute atomic E-state index is 11.7. The highest BCUT2D eigenvalue weighted by Crippen LogP contribution is 2.45. The largest absolute Gasteiger partial charge is 0.300 e. The first kappa shape index (κ1) is 11.9. The van der Waals surface area contributed by atoms with E-state index in [-0.39, 0.29) is 0 Å². The zero-order valence-corrected chi connectivity index (χ0v) is 11.7. The quantitative estimate of drug-likeness (QED) is 0.676. The van der Waals surface area contributed by atoms with Crippen LogP contribution in [0.3, 0.4) is 0 Å². The van der Waals surface area contributed by atoms with Crippen molar-refractivity contribution in [2.75, 3.05) is 0 Å². The van der Waals surface area contributed by atoms with E-state index in [1.165, 1.54) is 27.5 Å². The second-order valence-corrected chi connectivity index (χ2v) is 6.15. The third kappa shape index (κ3) is 1.66. The van der Waals surface area contributed by atoms with E-state index in [4.69, 9.17) is 0 Å². The van der Waals surface area contributed by atoms with Gasteiger partial charge in [-0.2, -0.15) is 0 Å². The van der Waals surface area contributed by atoms with Crippen molar-refractivity contribution >= 4 is 22.6 Å². The third-order valence-electron chi connectivity index (χ3n) is 4.93. The summed E-state index contributed by atoms with van der Waals surface area (Å²) in [7, 11) is 0. The summed E-state index contributed by atoms with van der Waals surface area (Å²) < 4.78 is 0. The monoisotopic (exact) mass is 262 g/mol. The Hall–Kier alpha value is -1.89. The fourth-order valence-corrected chi connectivity index (χ4v) is 4.03. The van der Waals surface area contributed by atoms with Crippen molar-refractivity contribution < 1.29 is 4.79 Å². The first-order chi connectivity index (χ1) is 9.74. The maximum atomic E-state index is 11.7. The molecule has 0 radical (unpaired) electrons. The van der Waals surface area contributed by atoms with Crippen LogP contribution < -0.4 is 0 Å². The predicted molar refractivity (Wildman–Crippen MR) is 82.8 cm³/mol. The standard InChI is InChI=1S/C19H18O/c1-12-10-13-4-2-3-5-16(13)18-8-6-14-11-15(20)7-9-17(14)19(12)18/h2-6,8,10,14,17H,7,9,11H2,1H3. The second kappa shape index (κ2) is 4.31. The van der Waals surface area contributed by atoms with Gasteiger partial charge in [0, 0.05) is 12.8 Å². The Bertz CT molecular complexity index is 739. The van der Waals surface area contributed by atoms with Crippen LogP contribution in [0.1, 0.15) is 41.9 Å². The first-order valence-corrected chi connectivity index (χ1v) is 7.46. The molecule has 20 heavy (non-hydrogen) atoms. The Morgan fingerprint density at radius 2 is 2.05 bits per heavy atom. The molecule has 1 heteroatoms. The molecule has 2 aromatic rings. The maximum Gasteiger partial charge on any atom is 0.133 e. The summed E-state index contributed by atoms with van der Waals surface area (Å²) in [4.78, 5) is 11.7. The van der Waals surface area contributed by atoms with Crippen LogP contribution >= 0.6 is 0 Å². The number of benzene rings is 2. The smallest absolute Gasteiger partial charge is 0.133 e. The molecule has 0 N–H and O–H groups in total. The first-order valence-electron chi connectivity index (χ1n) is 7.46. The number of ketones is 1. The Balaban J connectivity index is 1.96. The molecule has 0 amide bonds. The van der Waals surface area contributed by atoms with Crippen molar-refractivity contribution in [3.63, 3.8) is 0 Å². The highest BCUT2D eigenvalue weighted by atomic mass is 16.1. The van der Waals surface area contributed by atoms with Gasteiger partial charge in [-0.05, 0) is 52.6 Å². The number of allylic oxidation sites excluding steroid dienone is 1. The Morgan fingerprint density at radius 3 is 2.95 bits per heavy atom. The normalized spacial score (nSPS) is 24.6. The van der Waals surface area contributed by atoms with E-state index in [9.17, 15) is 4.79 Å². The van der Waals surface area contributed by atoms with Crippen molar-refractivity contribution in [1.82, 2.24) is 0 Å². The molecule has 0 heterocycles. The zero-order chi connectivity index (χ0) is 13.7. The summed E-state index contributed by atoms with van der Waals surface area (Å²) in [5.74, 6) is 1.39. The van der Waals surface area contributed by atoms with Gasteiger partial charge >= 0.3 is 0 Å². The molecule has 4 rings (SSSR count). The number of rotatable bonds is 0. The van der Waals surface area contributed by atoms with Gasteiger partial charge in [0.15, 0.2) is 0 Å². The van der Waals surface area contributed by atoms with E-state index < -0.39 is 0 Å². The highest BCUT2D eigenvalue weighted by Gasteiger charge is 2.33. The number of carbonyl (C=O) groups is 1. The van der Waals surface area contributed by atoms with E-state index >= 15 is 0 Å². The molecule has 1 saturated carbocycles. The SMILES string of the molecule is Cc1cc2ccccc2c2c1C1CCC(=O)CC1C=C2. The summed E-state index contributed by atoms with van der Waals surface area (Å²) >= 11 is 0. The van der Waals surface area contributed by atoms with Crippen LogP contribution in [-0.2, 0) is 4.79 Å². The van der Waals surface area contributed by atoms with Gasteiger partial charge in [0.05, 0.1) is 0 Å². The van der Waals surface area contributed by atoms with Crippen molar-refractivity contribution in [3.05, 3.63) is 53.1 Å². The van der Waals surface area contributed by atoms with Crippen LogP contribution in [0.15, 0.2) is 36.4 Å². The molecular weight excluding hydrogens is 244 g/mol. The number of Topliss-reactive ketones (excluding diaryl/α,β-unsaturated/α-hetero) is 1. The molecule has 2 aliphatic rings. The second-order valence-electron chi connectivity index (χ2n) is 6.15. The van der Waals surface area contributed by atoms with Crippen molar-refractivity contribution in [2.24, 2.45) is 5.92 Å². The minimum absolute atomic E-state index is 0.420. The summed E-state index contributed by atoms with van der Waals surface area (Å²) in [6.45, 7) is 2.22. The van der Waals surface area contributed by atoms with Crippen LogP contribution in [0.4, 0.5) is 0 Å². The zero-order valence-electron chi connectivity index (χ0n) is 11.7. The third-order valence-corrected chi connectivity index (χ3v) is 4.93. The fraction of sp³-hybridized carbons (Fsp3) is 0.316. The van der Waals surface area contributed by atoms with Crippen LogP contribution in [0.5, 0.6) is 0 Å². The minimum Gasteiger partial charge on any atom is -0.300 e. The number of fused-ring (bicyclic) bond motifs is 5. The van der Waals surface area contributed by atoms with Crippen molar-refractivity contribution in [3.8, 4) is 0 Å².